The van der Waals surface area contributed by atoms with Gasteiger partial charge < -0.3 is 5.11 Å². The molecule has 2 rings (SSSR count). The highest BCUT2D eigenvalue weighted by Crippen LogP contribution is 2.48. The highest BCUT2D eigenvalue weighted by molar-refractivity contribution is 5.16. The lowest BCUT2D eigenvalue weighted by Gasteiger charge is -2.21. The standard InChI is InChI=1S/C13H18O/c1-3-9-6-5-7-11(9)13(14)12-8-10(12)4-2/h1,5-6,9-14H,4,7-8H2,2H3/t9-,10+,11-,12-,13-/m1/s1. The summed E-state index contributed by atoms with van der Waals surface area (Å²) in [6.45, 7) is 2.20. The smallest absolute Gasteiger partial charge is 0.0617 e. The first kappa shape index (κ1) is 9.80. The van der Waals surface area contributed by atoms with Gasteiger partial charge in [-0.25, -0.2) is 0 Å². The van der Waals surface area contributed by atoms with E-state index in [9.17, 15) is 5.11 Å². The van der Waals surface area contributed by atoms with Crippen LogP contribution in [0.3, 0.4) is 0 Å². The van der Waals surface area contributed by atoms with Crippen molar-refractivity contribution >= 4 is 0 Å². The number of allylic oxidation sites excluding steroid dienone is 2. The van der Waals surface area contributed by atoms with Crippen molar-refractivity contribution in [3.8, 4) is 12.3 Å². The van der Waals surface area contributed by atoms with Gasteiger partial charge in [0.05, 0.1) is 6.10 Å². The van der Waals surface area contributed by atoms with Crippen molar-refractivity contribution in [2.45, 2.75) is 32.3 Å². The lowest BCUT2D eigenvalue weighted by Crippen LogP contribution is -2.26. The van der Waals surface area contributed by atoms with Crippen LogP contribution in [0.2, 0.25) is 0 Å². The Bertz CT molecular complexity index is 273. The van der Waals surface area contributed by atoms with Crippen LogP contribution in [0, 0.1) is 36.0 Å². The van der Waals surface area contributed by atoms with Gasteiger partial charge in [0.2, 0.25) is 0 Å². The minimum absolute atomic E-state index is 0.170. The maximum absolute atomic E-state index is 10.2. The van der Waals surface area contributed by atoms with Crippen LogP contribution >= 0.6 is 0 Å². The second kappa shape index (κ2) is 3.79. The summed E-state index contributed by atoms with van der Waals surface area (Å²) >= 11 is 0. The number of rotatable bonds is 3. The third kappa shape index (κ3) is 1.60. The van der Waals surface area contributed by atoms with Gasteiger partial charge in [-0.05, 0) is 24.7 Å². The molecule has 1 fully saturated rings. The minimum Gasteiger partial charge on any atom is -0.392 e. The second-order valence-electron chi connectivity index (χ2n) is 4.58. The van der Waals surface area contributed by atoms with E-state index in [0.717, 1.165) is 12.3 Å². The molecule has 14 heavy (non-hydrogen) atoms. The molecule has 0 aromatic carbocycles. The molecule has 5 atom stereocenters. The maximum atomic E-state index is 10.2. The number of aliphatic hydroxyl groups excluding tert-OH is 1. The molecule has 0 aromatic rings. The van der Waals surface area contributed by atoms with E-state index in [4.69, 9.17) is 6.42 Å². The molecule has 1 N–H and O–H groups in total. The molecule has 0 heterocycles. The van der Waals surface area contributed by atoms with Crippen LogP contribution in [0.25, 0.3) is 0 Å². The van der Waals surface area contributed by atoms with Crippen LogP contribution in [0.1, 0.15) is 26.2 Å². The van der Waals surface area contributed by atoms with E-state index in [1.54, 1.807) is 0 Å². The summed E-state index contributed by atoms with van der Waals surface area (Å²) in [4.78, 5) is 0. The van der Waals surface area contributed by atoms with E-state index in [0.29, 0.717) is 11.8 Å². The summed E-state index contributed by atoms with van der Waals surface area (Å²) in [6, 6.07) is 0. The van der Waals surface area contributed by atoms with Gasteiger partial charge in [-0.3, -0.25) is 0 Å². The van der Waals surface area contributed by atoms with Crippen LogP contribution in [-0.4, -0.2) is 11.2 Å². The summed E-state index contributed by atoms with van der Waals surface area (Å²) in [5, 5.41) is 10.2. The first-order valence-corrected chi connectivity index (χ1v) is 5.58. The van der Waals surface area contributed by atoms with Gasteiger partial charge in [-0.15, -0.1) is 6.42 Å². The Morgan fingerprint density at radius 3 is 2.93 bits per heavy atom. The molecule has 2 aliphatic carbocycles. The third-order valence-corrected chi connectivity index (χ3v) is 3.78. The summed E-state index contributed by atoms with van der Waals surface area (Å²) in [7, 11) is 0. The Hall–Kier alpha value is -0.740. The van der Waals surface area contributed by atoms with Crippen molar-refractivity contribution in [1.29, 1.82) is 0 Å². The van der Waals surface area contributed by atoms with Crippen molar-refractivity contribution in [1.82, 2.24) is 0 Å². The molecule has 1 saturated carbocycles. The lowest BCUT2D eigenvalue weighted by molar-refractivity contribution is 0.0757. The van der Waals surface area contributed by atoms with Gasteiger partial charge in [0.15, 0.2) is 0 Å². The third-order valence-electron chi connectivity index (χ3n) is 3.78. The van der Waals surface area contributed by atoms with E-state index in [-0.39, 0.29) is 12.0 Å². The Balaban J connectivity index is 1.93. The zero-order valence-electron chi connectivity index (χ0n) is 8.69. The number of hydrogen-bond acceptors (Lipinski definition) is 1. The zero-order chi connectivity index (χ0) is 10.1. The van der Waals surface area contributed by atoms with Gasteiger partial charge in [-0.2, -0.15) is 0 Å². The maximum Gasteiger partial charge on any atom is 0.0617 e. The quantitative estimate of drug-likeness (QED) is 0.534. The number of aliphatic hydroxyl groups is 1. The minimum atomic E-state index is -0.170. The predicted octanol–water partition coefficient (Wildman–Crippen LogP) is 2.22. The van der Waals surface area contributed by atoms with E-state index in [1.807, 2.05) is 0 Å². The number of terminal acetylenes is 1. The van der Waals surface area contributed by atoms with Crippen molar-refractivity contribution in [3.05, 3.63) is 12.2 Å². The average Bonchev–Trinajstić information content (AvgIpc) is 2.85. The highest BCUT2D eigenvalue weighted by atomic mass is 16.3. The fourth-order valence-corrected chi connectivity index (χ4v) is 2.68. The molecular weight excluding hydrogens is 172 g/mol. The van der Waals surface area contributed by atoms with E-state index < -0.39 is 0 Å². The predicted molar refractivity (Wildman–Crippen MR) is 57.5 cm³/mol. The molecule has 0 radical (unpaired) electrons. The largest absolute Gasteiger partial charge is 0.392 e. The van der Waals surface area contributed by atoms with Crippen molar-refractivity contribution < 1.29 is 5.11 Å². The van der Waals surface area contributed by atoms with Crippen molar-refractivity contribution in [2.24, 2.45) is 23.7 Å². The van der Waals surface area contributed by atoms with Gasteiger partial charge in [0.25, 0.3) is 0 Å². The summed E-state index contributed by atoms with van der Waals surface area (Å²) < 4.78 is 0. The Morgan fingerprint density at radius 1 is 1.57 bits per heavy atom. The first-order valence-electron chi connectivity index (χ1n) is 5.58. The summed E-state index contributed by atoms with van der Waals surface area (Å²) in [5.41, 5.74) is 0. The van der Waals surface area contributed by atoms with Gasteiger partial charge in [0.1, 0.15) is 0 Å². The lowest BCUT2D eigenvalue weighted by atomic mass is 9.87. The fraction of sp³-hybridized carbons (Fsp3) is 0.692. The highest BCUT2D eigenvalue weighted by Gasteiger charge is 2.45. The van der Waals surface area contributed by atoms with E-state index >= 15 is 0 Å². The van der Waals surface area contributed by atoms with E-state index in [1.165, 1.54) is 12.8 Å². The molecule has 2 aliphatic rings. The first-order chi connectivity index (χ1) is 6.77. The van der Waals surface area contributed by atoms with Gasteiger partial charge in [-0.1, -0.05) is 31.4 Å². The molecule has 0 aromatic heterocycles. The van der Waals surface area contributed by atoms with Crippen LogP contribution in [-0.2, 0) is 0 Å². The Morgan fingerprint density at radius 2 is 2.36 bits per heavy atom. The molecule has 0 amide bonds. The van der Waals surface area contributed by atoms with Crippen LogP contribution in [0.4, 0.5) is 0 Å². The van der Waals surface area contributed by atoms with Gasteiger partial charge >= 0.3 is 0 Å². The monoisotopic (exact) mass is 190 g/mol. The Labute approximate surface area is 86.2 Å². The molecule has 1 nitrogen and oxygen atoms in total. The normalized spacial score (nSPS) is 42.1. The summed E-state index contributed by atoms with van der Waals surface area (Å²) in [6.07, 6.45) is 12.8. The zero-order valence-corrected chi connectivity index (χ0v) is 8.69. The molecule has 1 heteroatoms. The molecule has 0 unspecified atom stereocenters. The summed E-state index contributed by atoms with van der Waals surface area (Å²) in [5.74, 6) is 4.51. The second-order valence-corrected chi connectivity index (χ2v) is 4.58. The average molecular weight is 190 g/mol. The fourth-order valence-electron chi connectivity index (χ4n) is 2.68. The molecular formula is C13H18O. The van der Waals surface area contributed by atoms with Crippen molar-refractivity contribution in [2.75, 3.05) is 0 Å². The molecule has 0 saturated heterocycles. The van der Waals surface area contributed by atoms with Crippen molar-refractivity contribution in [3.63, 3.8) is 0 Å². The SMILES string of the molecule is C#C[C@@H]1C=CC[C@H]1[C@@H](O)[C@@H]1C[C@@H]1CC. The van der Waals surface area contributed by atoms with Crippen LogP contribution in [0.5, 0.6) is 0 Å². The van der Waals surface area contributed by atoms with E-state index in [2.05, 4.69) is 25.0 Å². The number of hydrogen-bond donors (Lipinski definition) is 1. The topological polar surface area (TPSA) is 20.2 Å². The van der Waals surface area contributed by atoms with Crippen LogP contribution in [0.15, 0.2) is 12.2 Å². The molecule has 0 spiro atoms. The van der Waals surface area contributed by atoms with Crippen LogP contribution < -0.4 is 0 Å². The van der Waals surface area contributed by atoms with Gasteiger partial charge in [0, 0.05) is 11.8 Å². The molecule has 0 bridgehead atoms. The molecule has 76 valence electrons. The molecule has 0 aliphatic heterocycles. The Kier molecular flexibility index (Phi) is 2.65.